The second kappa shape index (κ2) is 6.05. The number of carbonyl (C=O) groups is 1. The van der Waals surface area contributed by atoms with E-state index < -0.39 is 0 Å². The van der Waals surface area contributed by atoms with Gasteiger partial charge in [-0.2, -0.15) is 5.10 Å². The highest BCUT2D eigenvalue weighted by atomic mass is 16.2. The second-order valence-electron chi connectivity index (χ2n) is 5.23. The van der Waals surface area contributed by atoms with Gasteiger partial charge in [-0.05, 0) is 44.1 Å². The molecule has 1 saturated heterocycles. The fourth-order valence-electron chi connectivity index (χ4n) is 2.61. The summed E-state index contributed by atoms with van der Waals surface area (Å²) in [5.74, 6) is 0.625. The molecule has 1 fully saturated rings. The minimum atomic E-state index is -0.0316. The zero-order chi connectivity index (χ0) is 14.7. The summed E-state index contributed by atoms with van der Waals surface area (Å²) in [6.07, 6.45) is 5.48. The maximum absolute atomic E-state index is 12.6. The van der Waals surface area contributed by atoms with Crippen LogP contribution in [0, 0.1) is 0 Å². The molecule has 6 heteroatoms. The first kappa shape index (κ1) is 13.8. The Labute approximate surface area is 123 Å². The molecule has 0 bridgehead atoms. The molecular formula is C15H19N5O. The summed E-state index contributed by atoms with van der Waals surface area (Å²) in [5.41, 5.74) is 0.462. The normalized spacial score (nSPS) is 15.9. The number of hydrogen-bond donors (Lipinski definition) is 1. The predicted octanol–water partition coefficient (Wildman–Crippen LogP) is 1.09. The molecule has 3 heterocycles. The molecule has 0 spiro atoms. The summed E-state index contributed by atoms with van der Waals surface area (Å²) in [6, 6.07) is 7.56. The third-order valence-corrected chi connectivity index (χ3v) is 3.87. The van der Waals surface area contributed by atoms with Crippen molar-refractivity contribution in [1.82, 2.24) is 25.0 Å². The standard InChI is InChI=1S/C15H19N5O/c1-19(12-6-9-16-10-7-12)15(21)13-4-2-5-14(18-13)20-11-3-8-17-20/h2-5,8,11-12,16H,6-7,9-10H2,1H3. The first-order valence-electron chi connectivity index (χ1n) is 7.20. The molecule has 1 N–H and O–H groups in total. The Morgan fingerprint density at radius 2 is 2.14 bits per heavy atom. The van der Waals surface area contributed by atoms with Gasteiger partial charge in [0.2, 0.25) is 0 Å². The van der Waals surface area contributed by atoms with E-state index in [4.69, 9.17) is 0 Å². The van der Waals surface area contributed by atoms with Gasteiger partial charge in [0, 0.05) is 25.5 Å². The van der Waals surface area contributed by atoms with Crippen molar-refractivity contribution in [3.05, 3.63) is 42.4 Å². The lowest BCUT2D eigenvalue weighted by molar-refractivity contribution is 0.0697. The third kappa shape index (κ3) is 2.95. The summed E-state index contributed by atoms with van der Waals surface area (Å²) >= 11 is 0. The SMILES string of the molecule is CN(C(=O)c1cccc(-n2cccn2)n1)C1CCNCC1. The van der Waals surface area contributed by atoms with Crippen LogP contribution in [0.3, 0.4) is 0 Å². The first-order valence-corrected chi connectivity index (χ1v) is 7.20. The Hall–Kier alpha value is -2.21. The Bertz CT molecular complexity index is 604. The van der Waals surface area contributed by atoms with Gasteiger partial charge in [0.15, 0.2) is 5.82 Å². The summed E-state index contributed by atoms with van der Waals surface area (Å²) in [7, 11) is 1.86. The van der Waals surface area contributed by atoms with E-state index in [2.05, 4.69) is 15.4 Å². The van der Waals surface area contributed by atoms with Crippen LogP contribution in [0.4, 0.5) is 0 Å². The number of carbonyl (C=O) groups excluding carboxylic acids is 1. The second-order valence-corrected chi connectivity index (χ2v) is 5.23. The van der Waals surface area contributed by atoms with E-state index in [0.29, 0.717) is 11.5 Å². The van der Waals surface area contributed by atoms with Crippen LogP contribution >= 0.6 is 0 Å². The molecule has 0 unspecified atom stereocenters. The molecule has 3 rings (SSSR count). The number of rotatable bonds is 3. The Balaban J connectivity index is 1.79. The maximum atomic E-state index is 12.6. The number of nitrogens with zero attached hydrogens (tertiary/aromatic N) is 4. The first-order chi connectivity index (χ1) is 10.3. The molecule has 0 aliphatic carbocycles. The number of pyridine rings is 1. The van der Waals surface area contributed by atoms with Crippen LogP contribution in [-0.4, -0.2) is 51.8 Å². The van der Waals surface area contributed by atoms with Crippen molar-refractivity contribution in [3.8, 4) is 5.82 Å². The van der Waals surface area contributed by atoms with Gasteiger partial charge in [0.05, 0.1) is 0 Å². The van der Waals surface area contributed by atoms with E-state index in [1.807, 2.05) is 36.3 Å². The molecule has 1 aliphatic heterocycles. The van der Waals surface area contributed by atoms with E-state index in [0.717, 1.165) is 25.9 Å². The van der Waals surface area contributed by atoms with Crippen LogP contribution < -0.4 is 5.32 Å². The van der Waals surface area contributed by atoms with Crippen LogP contribution in [0.1, 0.15) is 23.3 Å². The molecule has 21 heavy (non-hydrogen) atoms. The molecule has 110 valence electrons. The minimum absolute atomic E-state index is 0.0316. The number of nitrogens with one attached hydrogen (secondary N) is 1. The molecular weight excluding hydrogens is 266 g/mol. The lowest BCUT2D eigenvalue weighted by Crippen LogP contribution is -2.44. The maximum Gasteiger partial charge on any atom is 0.272 e. The third-order valence-electron chi connectivity index (χ3n) is 3.87. The van der Waals surface area contributed by atoms with E-state index in [1.165, 1.54) is 0 Å². The van der Waals surface area contributed by atoms with Crippen molar-refractivity contribution in [2.75, 3.05) is 20.1 Å². The zero-order valence-corrected chi connectivity index (χ0v) is 12.1. The smallest absolute Gasteiger partial charge is 0.272 e. The van der Waals surface area contributed by atoms with E-state index in [-0.39, 0.29) is 11.9 Å². The Kier molecular flexibility index (Phi) is 3.96. The summed E-state index contributed by atoms with van der Waals surface area (Å²) in [5, 5.41) is 7.45. The van der Waals surface area contributed by atoms with Crippen LogP contribution in [0.15, 0.2) is 36.7 Å². The predicted molar refractivity (Wildman–Crippen MR) is 79.3 cm³/mol. The molecule has 0 atom stereocenters. The van der Waals surface area contributed by atoms with Crippen molar-refractivity contribution in [2.24, 2.45) is 0 Å². The van der Waals surface area contributed by atoms with Gasteiger partial charge in [-0.3, -0.25) is 4.79 Å². The lowest BCUT2D eigenvalue weighted by atomic mass is 10.1. The Morgan fingerprint density at radius 3 is 2.86 bits per heavy atom. The molecule has 0 radical (unpaired) electrons. The molecule has 0 saturated carbocycles. The lowest BCUT2D eigenvalue weighted by Gasteiger charge is -2.31. The number of aromatic nitrogens is 3. The molecule has 2 aromatic heterocycles. The summed E-state index contributed by atoms with van der Waals surface area (Å²) < 4.78 is 1.65. The average Bonchev–Trinajstić information content (AvgIpc) is 3.09. The monoisotopic (exact) mass is 285 g/mol. The summed E-state index contributed by atoms with van der Waals surface area (Å²) in [4.78, 5) is 18.8. The van der Waals surface area contributed by atoms with E-state index >= 15 is 0 Å². The van der Waals surface area contributed by atoms with Gasteiger partial charge in [0.25, 0.3) is 5.91 Å². The molecule has 1 aliphatic rings. The summed E-state index contributed by atoms with van der Waals surface area (Å²) in [6.45, 7) is 1.92. The molecule has 0 aromatic carbocycles. The topological polar surface area (TPSA) is 63.1 Å². The highest BCUT2D eigenvalue weighted by Crippen LogP contribution is 2.13. The van der Waals surface area contributed by atoms with Crippen LogP contribution in [-0.2, 0) is 0 Å². The van der Waals surface area contributed by atoms with Crippen molar-refractivity contribution in [3.63, 3.8) is 0 Å². The van der Waals surface area contributed by atoms with Gasteiger partial charge in [-0.25, -0.2) is 9.67 Å². The minimum Gasteiger partial charge on any atom is -0.337 e. The average molecular weight is 285 g/mol. The largest absolute Gasteiger partial charge is 0.337 e. The van der Waals surface area contributed by atoms with Crippen LogP contribution in [0.25, 0.3) is 5.82 Å². The van der Waals surface area contributed by atoms with Crippen molar-refractivity contribution < 1.29 is 4.79 Å². The van der Waals surface area contributed by atoms with Gasteiger partial charge in [0.1, 0.15) is 5.69 Å². The van der Waals surface area contributed by atoms with Gasteiger partial charge in [-0.15, -0.1) is 0 Å². The fraction of sp³-hybridized carbons (Fsp3) is 0.400. The quantitative estimate of drug-likeness (QED) is 0.917. The number of hydrogen-bond acceptors (Lipinski definition) is 4. The number of piperidine rings is 1. The number of amides is 1. The molecule has 1 amide bonds. The highest BCUT2D eigenvalue weighted by molar-refractivity contribution is 5.92. The molecule has 6 nitrogen and oxygen atoms in total. The van der Waals surface area contributed by atoms with Crippen molar-refractivity contribution in [2.45, 2.75) is 18.9 Å². The van der Waals surface area contributed by atoms with Gasteiger partial charge >= 0.3 is 0 Å². The van der Waals surface area contributed by atoms with Crippen molar-refractivity contribution >= 4 is 5.91 Å². The van der Waals surface area contributed by atoms with E-state index in [1.54, 1.807) is 16.9 Å². The molecule has 2 aromatic rings. The van der Waals surface area contributed by atoms with Crippen LogP contribution in [0.2, 0.25) is 0 Å². The van der Waals surface area contributed by atoms with E-state index in [9.17, 15) is 4.79 Å². The van der Waals surface area contributed by atoms with Crippen LogP contribution in [0.5, 0.6) is 0 Å². The van der Waals surface area contributed by atoms with Gasteiger partial charge < -0.3 is 10.2 Å². The zero-order valence-electron chi connectivity index (χ0n) is 12.1. The Morgan fingerprint density at radius 1 is 1.33 bits per heavy atom. The van der Waals surface area contributed by atoms with Crippen molar-refractivity contribution in [1.29, 1.82) is 0 Å². The van der Waals surface area contributed by atoms with Gasteiger partial charge in [-0.1, -0.05) is 6.07 Å². The fourth-order valence-corrected chi connectivity index (χ4v) is 2.61. The highest BCUT2D eigenvalue weighted by Gasteiger charge is 2.23.